The lowest BCUT2D eigenvalue weighted by Crippen LogP contribution is -2.16. The molecule has 1 unspecified atom stereocenters. The number of hydrogen-bond acceptors (Lipinski definition) is 3. The van der Waals surface area contributed by atoms with Gasteiger partial charge in [0.05, 0.1) is 11.7 Å². The second-order valence-electron chi connectivity index (χ2n) is 4.18. The standard InChI is InChI=1S/C14H18FN3O/c1-10(15)14(18(4)16-3)13-7-5-12(6-8-13)11(2)17-9-19/h5-9,11H,3H2,1-2,4H3,(H,17,19)/b14-10+. The quantitative estimate of drug-likeness (QED) is 0.487. The van der Waals surface area contributed by atoms with Crippen molar-refractivity contribution in [1.29, 1.82) is 0 Å². The van der Waals surface area contributed by atoms with Crippen LogP contribution in [0.25, 0.3) is 5.70 Å². The molecule has 102 valence electrons. The molecule has 5 heteroatoms. The number of hydrogen-bond donors (Lipinski definition) is 1. The Hall–Kier alpha value is -2.17. The van der Waals surface area contributed by atoms with Gasteiger partial charge in [-0.15, -0.1) is 0 Å². The molecule has 0 saturated heterocycles. The smallest absolute Gasteiger partial charge is 0.207 e. The number of nitrogens with zero attached hydrogens (tertiary/aromatic N) is 2. The minimum atomic E-state index is -0.332. The molecule has 4 nitrogen and oxygen atoms in total. The number of nitrogens with one attached hydrogen (secondary N) is 1. The fourth-order valence-electron chi connectivity index (χ4n) is 1.81. The average molecular weight is 263 g/mol. The van der Waals surface area contributed by atoms with Crippen molar-refractivity contribution in [3.63, 3.8) is 0 Å². The molecule has 0 saturated carbocycles. The molecular formula is C14H18FN3O. The van der Waals surface area contributed by atoms with Gasteiger partial charge in [-0.2, -0.15) is 5.10 Å². The summed E-state index contributed by atoms with van der Waals surface area (Å²) in [6, 6.07) is 7.18. The fourth-order valence-corrected chi connectivity index (χ4v) is 1.81. The van der Waals surface area contributed by atoms with Crippen LogP contribution >= 0.6 is 0 Å². The minimum Gasteiger partial charge on any atom is -0.352 e. The molecule has 0 fully saturated rings. The van der Waals surface area contributed by atoms with Gasteiger partial charge in [-0.25, -0.2) is 4.39 Å². The van der Waals surface area contributed by atoms with Crippen molar-refractivity contribution < 1.29 is 9.18 Å². The Morgan fingerprint density at radius 2 is 2.05 bits per heavy atom. The lowest BCUT2D eigenvalue weighted by molar-refractivity contribution is -0.110. The molecule has 0 spiro atoms. The van der Waals surface area contributed by atoms with Crippen LogP contribution in [0.15, 0.2) is 35.2 Å². The van der Waals surface area contributed by atoms with E-state index in [9.17, 15) is 9.18 Å². The van der Waals surface area contributed by atoms with E-state index in [4.69, 9.17) is 0 Å². The van der Waals surface area contributed by atoms with Gasteiger partial charge < -0.3 is 5.32 Å². The summed E-state index contributed by atoms with van der Waals surface area (Å²) >= 11 is 0. The SMILES string of the molecule is C=NN(C)/C(=C(\C)F)c1ccc(C(C)NC=O)cc1. The Bertz CT molecular complexity index is 478. The van der Waals surface area contributed by atoms with E-state index in [1.807, 2.05) is 19.1 Å². The Morgan fingerprint density at radius 3 is 2.47 bits per heavy atom. The van der Waals surface area contributed by atoms with Gasteiger partial charge in [0.25, 0.3) is 0 Å². The third kappa shape index (κ3) is 3.64. The van der Waals surface area contributed by atoms with Crippen molar-refractivity contribution >= 4 is 18.8 Å². The zero-order chi connectivity index (χ0) is 14.4. The van der Waals surface area contributed by atoms with E-state index in [-0.39, 0.29) is 11.9 Å². The highest BCUT2D eigenvalue weighted by atomic mass is 19.1. The van der Waals surface area contributed by atoms with Gasteiger partial charge in [0.15, 0.2) is 0 Å². The van der Waals surface area contributed by atoms with Crippen LogP contribution < -0.4 is 5.32 Å². The molecule has 1 aromatic carbocycles. The van der Waals surface area contributed by atoms with Gasteiger partial charge in [0.2, 0.25) is 6.41 Å². The second kappa shape index (κ2) is 6.68. The van der Waals surface area contributed by atoms with Crippen molar-refractivity contribution in [3.8, 4) is 0 Å². The molecular weight excluding hydrogens is 245 g/mol. The van der Waals surface area contributed by atoms with Gasteiger partial charge in [0, 0.05) is 19.3 Å². The molecule has 0 heterocycles. The highest BCUT2D eigenvalue weighted by Crippen LogP contribution is 2.24. The molecule has 0 radical (unpaired) electrons. The summed E-state index contributed by atoms with van der Waals surface area (Å²) in [5.74, 6) is -0.332. The topological polar surface area (TPSA) is 44.7 Å². The van der Waals surface area contributed by atoms with Crippen molar-refractivity contribution in [3.05, 3.63) is 41.2 Å². The van der Waals surface area contributed by atoms with Gasteiger partial charge in [0.1, 0.15) is 5.83 Å². The number of amides is 1. The van der Waals surface area contributed by atoms with Crippen molar-refractivity contribution in [2.75, 3.05) is 7.05 Å². The van der Waals surface area contributed by atoms with Crippen molar-refractivity contribution in [1.82, 2.24) is 10.3 Å². The molecule has 0 aliphatic heterocycles. The summed E-state index contributed by atoms with van der Waals surface area (Å²) in [6.07, 6.45) is 0.658. The van der Waals surface area contributed by atoms with Gasteiger partial charge in [-0.3, -0.25) is 9.80 Å². The third-order valence-corrected chi connectivity index (χ3v) is 2.86. The predicted molar refractivity (Wildman–Crippen MR) is 75.1 cm³/mol. The molecule has 1 N–H and O–H groups in total. The summed E-state index contributed by atoms with van der Waals surface area (Å²) < 4.78 is 13.6. The number of rotatable bonds is 6. The lowest BCUT2D eigenvalue weighted by Gasteiger charge is -2.18. The van der Waals surface area contributed by atoms with Crippen LogP contribution in [-0.2, 0) is 4.79 Å². The Kier molecular flexibility index (Phi) is 5.23. The Morgan fingerprint density at radius 1 is 1.47 bits per heavy atom. The normalized spacial score (nSPS) is 13.3. The first-order chi connectivity index (χ1) is 9.01. The van der Waals surface area contributed by atoms with E-state index in [1.54, 1.807) is 19.2 Å². The second-order valence-corrected chi connectivity index (χ2v) is 4.18. The lowest BCUT2D eigenvalue weighted by atomic mass is 10.0. The van der Waals surface area contributed by atoms with Crippen LogP contribution in [0.1, 0.15) is 31.0 Å². The molecule has 0 aliphatic carbocycles. The maximum atomic E-state index is 13.6. The number of benzene rings is 1. The van der Waals surface area contributed by atoms with Gasteiger partial charge >= 0.3 is 0 Å². The van der Waals surface area contributed by atoms with Crippen LogP contribution in [0, 0.1) is 0 Å². The molecule has 0 aliphatic rings. The average Bonchev–Trinajstić information content (AvgIpc) is 2.39. The molecule has 1 atom stereocenters. The Balaban J connectivity index is 3.06. The number of carbonyl (C=O) groups is 1. The van der Waals surface area contributed by atoms with Crippen molar-refractivity contribution in [2.24, 2.45) is 5.10 Å². The van der Waals surface area contributed by atoms with E-state index in [0.29, 0.717) is 17.7 Å². The first-order valence-electron chi connectivity index (χ1n) is 5.88. The van der Waals surface area contributed by atoms with Crippen LogP contribution in [0.2, 0.25) is 0 Å². The number of carbonyl (C=O) groups excluding carboxylic acids is 1. The number of halogens is 1. The zero-order valence-corrected chi connectivity index (χ0v) is 11.4. The zero-order valence-electron chi connectivity index (χ0n) is 11.4. The maximum Gasteiger partial charge on any atom is 0.207 e. The summed E-state index contributed by atoms with van der Waals surface area (Å²) in [4.78, 5) is 10.4. The number of allylic oxidation sites excluding steroid dienone is 1. The molecule has 1 amide bonds. The third-order valence-electron chi connectivity index (χ3n) is 2.86. The van der Waals surface area contributed by atoms with E-state index in [1.165, 1.54) is 11.9 Å². The van der Waals surface area contributed by atoms with E-state index in [0.717, 1.165) is 5.56 Å². The minimum absolute atomic E-state index is 0.0827. The highest BCUT2D eigenvalue weighted by Gasteiger charge is 2.11. The summed E-state index contributed by atoms with van der Waals surface area (Å²) in [6.45, 7) is 6.64. The summed E-state index contributed by atoms with van der Waals surface area (Å²) in [7, 11) is 1.63. The highest BCUT2D eigenvalue weighted by molar-refractivity contribution is 5.66. The van der Waals surface area contributed by atoms with Crippen LogP contribution in [0.4, 0.5) is 4.39 Å². The van der Waals surface area contributed by atoms with Crippen LogP contribution in [0.5, 0.6) is 0 Å². The monoisotopic (exact) mass is 263 g/mol. The van der Waals surface area contributed by atoms with Crippen LogP contribution in [-0.4, -0.2) is 25.2 Å². The first kappa shape index (κ1) is 14.9. The summed E-state index contributed by atoms with van der Waals surface area (Å²) in [5, 5.41) is 7.75. The van der Waals surface area contributed by atoms with Gasteiger partial charge in [-0.1, -0.05) is 24.3 Å². The fraction of sp³-hybridized carbons (Fsp3) is 0.286. The van der Waals surface area contributed by atoms with Gasteiger partial charge in [-0.05, 0) is 19.4 Å². The molecule has 0 bridgehead atoms. The Labute approximate surface area is 112 Å². The maximum absolute atomic E-state index is 13.6. The van der Waals surface area contributed by atoms with E-state index < -0.39 is 0 Å². The van der Waals surface area contributed by atoms with Crippen molar-refractivity contribution in [2.45, 2.75) is 19.9 Å². The largest absolute Gasteiger partial charge is 0.352 e. The van der Waals surface area contributed by atoms with E-state index >= 15 is 0 Å². The van der Waals surface area contributed by atoms with Crippen LogP contribution in [0.3, 0.4) is 0 Å². The number of hydrazone groups is 1. The predicted octanol–water partition coefficient (Wildman–Crippen LogP) is 2.70. The van der Waals surface area contributed by atoms with E-state index in [2.05, 4.69) is 17.1 Å². The molecule has 1 rings (SSSR count). The molecule has 1 aromatic rings. The summed E-state index contributed by atoms with van der Waals surface area (Å²) in [5.41, 5.74) is 2.02. The molecule has 0 aromatic heterocycles. The first-order valence-corrected chi connectivity index (χ1v) is 5.88. The molecule has 19 heavy (non-hydrogen) atoms.